The van der Waals surface area contributed by atoms with Gasteiger partial charge in [0.25, 0.3) is 0 Å². The Morgan fingerprint density at radius 2 is 1.47 bits per heavy atom. The number of fused-ring (bicyclic) bond motifs is 7. The largest absolute Gasteiger partial charge is 0.391 e. The van der Waals surface area contributed by atoms with Crippen LogP contribution in [0.1, 0.15) is 97.8 Å². The van der Waals surface area contributed by atoms with Gasteiger partial charge in [0.1, 0.15) is 0 Å². The number of rotatable bonds is 3. The second-order valence-electron chi connectivity index (χ2n) is 12.1. The molecule has 0 heterocycles. The van der Waals surface area contributed by atoms with E-state index in [1.807, 2.05) is 13.8 Å². The Kier molecular flexibility index (Phi) is 5.54. The van der Waals surface area contributed by atoms with E-state index in [0.717, 1.165) is 54.3 Å². The number of halogens is 3. The Morgan fingerprint density at radius 3 is 2.17 bits per heavy atom. The zero-order valence-corrected chi connectivity index (χ0v) is 19.4. The normalized spacial score (nSPS) is 51.6. The summed E-state index contributed by atoms with van der Waals surface area (Å²) in [6.07, 6.45) is 10.2. The second kappa shape index (κ2) is 7.68. The standard InChI is InChI=1S/C25H37F3.C2H6/c1-24-11-10-18-17-8-6-16(25(26,27)28)12-15(17)5-7-19(18)23(24)21-13-20(21)22(24)9-4-14-2-3-14;1-2/h14-23H,2-13H2,1H3;1-2H3/t15?,16?,17?,18?,19?,20-,21+,22?,23?,24+;/m0./s1. The van der Waals surface area contributed by atoms with Crippen molar-refractivity contribution in [2.24, 2.45) is 64.6 Å². The molecular weight excluding hydrogens is 381 g/mol. The highest BCUT2D eigenvalue weighted by molar-refractivity contribution is 5.17. The van der Waals surface area contributed by atoms with E-state index in [2.05, 4.69) is 6.92 Å². The van der Waals surface area contributed by atoms with Crippen LogP contribution in [0.2, 0.25) is 0 Å². The summed E-state index contributed by atoms with van der Waals surface area (Å²) < 4.78 is 39.9. The van der Waals surface area contributed by atoms with E-state index < -0.39 is 12.1 Å². The lowest BCUT2D eigenvalue weighted by molar-refractivity contribution is -0.196. The van der Waals surface area contributed by atoms with Crippen molar-refractivity contribution in [3.05, 3.63) is 0 Å². The highest BCUT2D eigenvalue weighted by Gasteiger charge is 2.69. The van der Waals surface area contributed by atoms with Crippen LogP contribution in [0.15, 0.2) is 0 Å². The molecular formula is C27H43F3. The van der Waals surface area contributed by atoms with Gasteiger partial charge in [-0.1, -0.05) is 40.0 Å². The van der Waals surface area contributed by atoms with Crippen molar-refractivity contribution < 1.29 is 13.2 Å². The maximum Gasteiger partial charge on any atom is 0.391 e. The third-order valence-electron chi connectivity index (χ3n) is 11.0. The molecule has 0 nitrogen and oxygen atoms in total. The van der Waals surface area contributed by atoms with E-state index in [1.165, 1.54) is 51.4 Å². The van der Waals surface area contributed by atoms with E-state index in [0.29, 0.717) is 30.1 Å². The number of hydrogen-bond donors (Lipinski definition) is 0. The molecule has 172 valence electrons. The van der Waals surface area contributed by atoms with Gasteiger partial charge in [-0.2, -0.15) is 13.2 Å². The van der Waals surface area contributed by atoms with Gasteiger partial charge in [0, 0.05) is 0 Å². The van der Waals surface area contributed by atoms with Crippen LogP contribution in [-0.2, 0) is 0 Å². The summed E-state index contributed by atoms with van der Waals surface area (Å²) in [6.45, 7) is 6.64. The molecule has 0 bridgehead atoms. The van der Waals surface area contributed by atoms with E-state index in [9.17, 15) is 13.2 Å². The summed E-state index contributed by atoms with van der Waals surface area (Å²) in [5.41, 5.74) is 0.569. The summed E-state index contributed by atoms with van der Waals surface area (Å²) in [6, 6.07) is 0. The minimum absolute atomic E-state index is 0.369. The van der Waals surface area contributed by atoms with Crippen LogP contribution in [0.25, 0.3) is 0 Å². The highest BCUT2D eigenvalue weighted by atomic mass is 19.4. The maximum absolute atomic E-state index is 13.3. The van der Waals surface area contributed by atoms with Crippen LogP contribution in [0.5, 0.6) is 0 Å². The first kappa shape index (κ1) is 21.6. The Morgan fingerprint density at radius 1 is 0.733 bits per heavy atom. The predicted molar refractivity (Wildman–Crippen MR) is 116 cm³/mol. The summed E-state index contributed by atoms with van der Waals surface area (Å²) in [5.74, 6) is 6.54. The van der Waals surface area contributed by atoms with Crippen molar-refractivity contribution in [3.8, 4) is 0 Å². The van der Waals surface area contributed by atoms with Crippen molar-refractivity contribution in [1.82, 2.24) is 0 Å². The molecule has 0 aliphatic heterocycles. The van der Waals surface area contributed by atoms with Crippen LogP contribution >= 0.6 is 0 Å². The fraction of sp³-hybridized carbons (Fsp3) is 1.00. The number of alkyl halides is 3. The van der Waals surface area contributed by atoms with Gasteiger partial charge in [-0.3, -0.25) is 0 Å². The molecule has 30 heavy (non-hydrogen) atoms. The van der Waals surface area contributed by atoms with E-state index in [-0.39, 0.29) is 0 Å². The lowest BCUT2D eigenvalue weighted by Gasteiger charge is -2.57. The third-order valence-corrected chi connectivity index (χ3v) is 11.0. The molecule has 6 aliphatic rings. The first-order valence-electron chi connectivity index (χ1n) is 13.4. The van der Waals surface area contributed by atoms with Crippen molar-refractivity contribution in [3.63, 3.8) is 0 Å². The zero-order valence-electron chi connectivity index (χ0n) is 19.4. The van der Waals surface area contributed by atoms with Gasteiger partial charge < -0.3 is 0 Å². The molecule has 0 aromatic heterocycles. The average molecular weight is 425 g/mol. The van der Waals surface area contributed by atoms with Gasteiger partial charge in [-0.25, -0.2) is 0 Å². The van der Waals surface area contributed by atoms with Gasteiger partial charge in [0.05, 0.1) is 5.92 Å². The Labute approximate surface area is 182 Å². The molecule has 0 aromatic rings. The molecule has 0 amide bonds. The van der Waals surface area contributed by atoms with Crippen molar-refractivity contribution in [2.45, 2.75) is 104 Å². The Hall–Kier alpha value is -0.210. The summed E-state index contributed by atoms with van der Waals surface area (Å²) in [5, 5.41) is 0. The minimum atomic E-state index is -3.96. The first-order chi connectivity index (χ1) is 14.4. The molecule has 0 N–H and O–H groups in total. The van der Waals surface area contributed by atoms with Gasteiger partial charge in [0.2, 0.25) is 0 Å². The minimum Gasteiger partial charge on any atom is -0.171 e. The van der Waals surface area contributed by atoms with Crippen LogP contribution in [0.4, 0.5) is 13.2 Å². The second-order valence-corrected chi connectivity index (χ2v) is 12.1. The lowest BCUT2D eigenvalue weighted by atomic mass is 9.48. The molecule has 6 rings (SSSR count). The van der Waals surface area contributed by atoms with Crippen LogP contribution in [-0.4, -0.2) is 6.18 Å². The molecule has 6 aliphatic carbocycles. The third kappa shape index (κ3) is 3.47. The fourth-order valence-electron chi connectivity index (χ4n) is 9.63. The molecule has 6 saturated carbocycles. The lowest BCUT2D eigenvalue weighted by Crippen LogP contribution is -2.50. The fourth-order valence-corrected chi connectivity index (χ4v) is 9.63. The molecule has 0 radical (unpaired) electrons. The molecule has 7 unspecified atom stereocenters. The SMILES string of the molecule is CC.C[C@]12CCC3C4CCC(C(F)(F)F)CC4CCC3C1[C@@H]1C[C@@H]1C2CCC1CC1. The van der Waals surface area contributed by atoms with Crippen molar-refractivity contribution >= 4 is 0 Å². The molecule has 3 heteroatoms. The van der Waals surface area contributed by atoms with Gasteiger partial charge >= 0.3 is 6.18 Å². The predicted octanol–water partition coefficient (Wildman–Crippen LogP) is 8.51. The van der Waals surface area contributed by atoms with Crippen molar-refractivity contribution in [2.75, 3.05) is 0 Å². The quantitative estimate of drug-likeness (QED) is 0.426. The number of hydrogen-bond acceptors (Lipinski definition) is 0. The first-order valence-corrected chi connectivity index (χ1v) is 13.4. The highest BCUT2D eigenvalue weighted by Crippen LogP contribution is 2.75. The van der Waals surface area contributed by atoms with Gasteiger partial charge in [-0.15, -0.1) is 0 Å². The smallest absolute Gasteiger partial charge is 0.171 e. The van der Waals surface area contributed by atoms with Crippen LogP contribution in [0.3, 0.4) is 0 Å². The summed E-state index contributed by atoms with van der Waals surface area (Å²) >= 11 is 0. The Balaban J connectivity index is 0.000000937. The average Bonchev–Trinajstić information content (AvgIpc) is 3.65. The molecule has 0 aromatic carbocycles. The van der Waals surface area contributed by atoms with Crippen molar-refractivity contribution in [1.29, 1.82) is 0 Å². The maximum atomic E-state index is 13.3. The summed E-state index contributed by atoms with van der Waals surface area (Å²) in [4.78, 5) is 0. The molecule has 0 saturated heterocycles. The van der Waals surface area contributed by atoms with E-state index in [4.69, 9.17) is 0 Å². The van der Waals surface area contributed by atoms with E-state index >= 15 is 0 Å². The van der Waals surface area contributed by atoms with Gasteiger partial charge in [0.15, 0.2) is 0 Å². The topological polar surface area (TPSA) is 0 Å². The molecule has 6 fully saturated rings. The Bertz CT molecular complexity index is 622. The zero-order chi connectivity index (χ0) is 21.3. The van der Waals surface area contributed by atoms with Crippen LogP contribution in [0, 0.1) is 64.6 Å². The molecule has 0 spiro atoms. The monoisotopic (exact) mass is 424 g/mol. The van der Waals surface area contributed by atoms with E-state index in [1.54, 1.807) is 0 Å². The molecule has 10 atom stereocenters. The van der Waals surface area contributed by atoms with Crippen LogP contribution < -0.4 is 0 Å². The summed E-state index contributed by atoms with van der Waals surface area (Å²) in [7, 11) is 0. The van der Waals surface area contributed by atoms with Gasteiger partial charge in [-0.05, 0) is 116 Å².